The van der Waals surface area contributed by atoms with Gasteiger partial charge in [0.25, 0.3) is 5.91 Å². The molecule has 1 aromatic carbocycles. The van der Waals surface area contributed by atoms with Crippen molar-refractivity contribution in [1.82, 2.24) is 10.2 Å². The topological polar surface area (TPSA) is 41.6 Å². The second-order valence-electron chi connectivity index (χ2n) is 4.24. The predicted octanol–water partition coefficient (Wildman–Crippen LogP) is 1.31. The summed E-state index contributed by atoms with van der Waals surface area (Å²) in [5.41, 5.74) is 0. The van der Waals surface area contributed by atoms with Crippen LogP contribution in [0.4, 0.5) is 0 Å². The molecule has 0 aromatic heterocycles. The molecule has 1 N–H and O–H groups in total. The smallest absolute Gasteiger partial charge is 0.260 e. The van der Waals surface area contributed by atoms with Gasteiger partial charge in [-0.2, -0.15) is 0 Å². The number of hydrogen-bond acceptors (Lipinski definition) is 3. The van der Waals surface area contributed by atoms with Gasteiger partial charge in [-0.15, -0.1) is 12.4 Å². The molecule has 1 unspecified atom stereocenters. The molecule has 1 aromatic rings. The van der Waals surface area contributed by atoms with Crippen LogP contribution in [-0.4, -0.2) is 43.1 Å². The minimum Gasteiger partial charge on any atom is -0.484 e. The van der Waals surface area contributed by atoms with E-state index >= 15 is 0 Å². The van der Waals surface area contributed by atoms with Gasteiger partial charge >= 0.3 is 0 Å². The molecule has 2 rings (SSSR count). The van der Waals surface area contributed by atoms with Gasteiger partial charge in [0.2, 0.25) is 0 Å². The third-order valence-corrected chi connectivity index (χ3v) is 2.93. The summed E-state index contributed by atoms with van der Waals surface area (Å²) in [6, 6.07) is 9.67. The number of halogens is 1. The monoisotopic (exact) mass is 270 g/mol. The first-order valence-electron chi connectivity index (χ1n) is 5.95. The van der Waals surface area contributed by atoms with Gasteiger partial charge in [-0.05, 0) is 19.1 Å². The van der Waals surface area contributed by atoms with Crippen molar-refractivity contribution < 1.29 is 9.53 Å². The molecule has 0 aliphatic carbocycles. The van der Waals surface area contributed by atoms with Crippen molar-refractivity contribution in [2.45, 2.75) is 13.0 Å². The molecule has 4 nitrogen and oxygen atoms in total. The Morgan fingerprint density at radius 3 is 2.83 bits per heavy atom. The molecule has 1 saturated heterocycles. The van der Waals surface area contributed by atoms with Crippen molar-refractivity contribution in [2.75, 3.05) is 26.2 Å². The number of nitrogens with zero attached hydrogens (tertiary/aromatic N) is 1. The van der Waals surface area contributed by atoms with Crippen LogP contribution in [0.25, 0.3) is 0 Å². The molecule has 1 atom stereocenters. The number of piperazine rings is 1. The lowest BCUT2D eigenvalue weighted by atomic mass is 10.2. The molecule has 18 heavy (non-hydrogen) atoms. The highest BCUT2D eigenvalue weighted by Gasteiger charge is 2.22. The van der Waals surface area contributed by atoms with Gasteiger partial charge in [0, 0.05) is 25.7 Å². The fourth-order valence-corrected chi connectivity index (χ4v) is 1.96. The highest BCUT2D eigenvalue weighted by Crippen LogP contribution is 2.09. The van der Waals surface area contributed by atoms with Crippen molar-refractivity contribution in [2.24, 2.45) is 0 Å². The fraction of sp³-hybridized carbons (Fsp3) is 0.462. The first-order valence-corrected chi connectivity index (χ1v) is 5.95. The van der Waals surface area contributed by atoms with Crippen molar-refractivity contribution in [3.05, 3.63) is 30.3 Å². The molecular weight excluding hydrogens is 252 g/mol. The maximum Gasteiger partial charge on any atom is 0.260 e. The normalized spacial score (nSPS) is 18.9. The molecule has 0 spiro atoms. The first-order chi connectivity index (χ1) is 8.27. The van der Waals surface area contributed by atoms with Crippen molar-refractivity contribution in [3.8, 4) is 5.75 Å². The molecule has 1 fully saturated rings. The van der Waals surface area contributed by atoms with Crippen LogP contribution in [0.3, 0.4) is 0 Å². The van der Waals surface area contributed by atoms with Crippen LogP contribution in [0.5, 0.6) is 5.75 Å². The minimum atomic E-state index is 0. The van der Waals surface area contributed by atoms with Crippen molar-refractivity contribution in [1.29, 1.82) is 0 Å². The summed E-state index contributed by atoms with van der Waals surface area (Å²) >= 11 is 0. The zero-order valence-electron chi connectivity index (χ0n) is 10.5. The number of nitrogens with one attached hydrogen (secondary N) is 1. The quantitative estimate of drug-likeness (QED) is 0.900. The Kier molecular flexibility index (Phi) is 5.95. The lowest BCUT2D eigenvalue weighted by Crippen LogP contribution is -2.53. The van der Waals surface area contributed by atoms with E-state index in [1.165, 1.54) is 0 Å². The highest BCUT2D eigenvalue weighted by molar-refractivity contribution is 5.85. The van der Waals surface area contributed by atoms with Gasteiger partial charge < -0.3 is 15.0 Å². The molecular formula is C13H19ClN2O2. The predicted molar refractivity (Wildman–Crippen MR) is 73.2 cm³/mol. The SMILES string of the molecule is CC1CNCCN1C(=O)COc1ccccc1.Cl. The number of benzene rings is 1. The number of para-hydroxylation sites is 1. The van der Waals surface area contributed by atoms with E-state index in [9.17, 15) is 4.79 Å². The standard InChI is InChI=1S/C13H18N2O2.ClH/c1-11-9-14-7-8-15(11)13(16)10-17-12-5-3-2-4-6-12;/h2-6,11,14H,7-10H2,1H3;1H. The van der Waals surface area contributed by atoms with Gasteiger partial charge in [-0.25, -0.2) is 0 Å². The Morgan fingerprint density at radius 1 is 1.44 bits per heavy atom. The largest absolute Gasteiger partial charge is 0.484 e. The maximum atomic E-state index is 12.0. The summed E-state index contributed by atoms with van der Waals surface area (Å²) in [6.07, 6.45) is 0. The molecule has 1 aliphatic heterocycles. The van der Waals surface area contributed by atoms with Crippen LogP contribution in [-0.2, 0) is 4.79 Å². The van der Waals surface area contributed by atoms with Gasteiger partial charge in [0.05, 0.1) is 0 Å². The van der Waals surface area contributed by atoms with E-state index < -0.39 is 0 Å². The van der Waals surface area contributed by atoms with Crippen molar-refractivity contribution >= 4 is 18.3 Å². The lowest BCUT2D eigenvalue weighted by Gasteiger charge is -2.33. The Balaban J connectivity index is 0.00000162. The molecule has 0 saturated carbocycles. The third kappa shape index (κ3) is 3.89. The van der Waals surface area contributed by atoms with Crippen molar-refractivity contribution in [3.63, 3.8) is 0 Å². The molecule has 1 aliphatic rings. The highest BCUT2D eigenvalue weighted by atomic mass is 35.5. The average molecular weight is 271 g/mol. The Labute approximate surface area is 114 Å². The van der Waals surface area contributed by atoms with Crippen LogP contribution in [0.2, 0.25) is 0 Å². The zero-order chi connectivity index (χ0) is 12.1. The Morgan fingerprint density at radius 2 is 2.17 bits per heavy atom. The molecule has 1 amide bonds. The van der Waals surface area contributed by atoms with Crippen LogP contribution in [0.1, 0.15) is 6.92 Å². The second-order valence-corrected chi connectivity index (χ2v) is 4.24. The van der Waals surface area contributed by atoms with E-state index in [0.717, 1.165) is 25.4 Å². The number of carbonyl (C=O) groups is 1. The lowest BCUT2D eigenvalue weighted by molar-refractivity contribution is -0.136. The van der Waals surface area contributed by atoms with Gasteiger partial charge in [0.1, 0.15) is 5.75 Å². The van der Waals surface area contributed by atoms with Crippen LogP contribution >= 0.6 is 12.4 Å². The van der Waals surface area contributed by atoms with E-state index in [2.05, 4.69) is 5.32 Å². The average Bonchev–Trinajstić information content (AvgIpc) is 2.38. The van der Waals surface area contributed by atoms with E-state index in [-0.39, 0.29) is 31.0 Å². The number of hydrogen-bond donors (Lipinski definition) is 1. The maximum absolute atomic E-state index is 12.0. The van der Waals surface area contributed by atoms with E-state index in [1.807, 2.05) is 42.2 Å². The zero-order valence-corrected chi connectivity index (χ0v) is 11.3. The Hall–Kier alpha value is -1.26. The summed E-state index contributed by atoms with van der Waals surface area (Å²) < 4.78 is 5.46. The molecule has 1 heterocycles. The summed E-state index contributed by atoms with van der Waals surface area (Å²) in [7, 11) is 0. The number of carbonyl (C=O) groups excluding carboxylic acids is 1. The number of rotatable bonds is 3. The summed E-state index contributed by atoms with van der Waals surface area (Å²) in [5, 5.41) is 3.26. The van der Waals surface area contributed by atoms with Gasteiger partial charge in [-0.1, -0.05) is 18.2 Å². The molecule has 0 radical (unpaired) electrons. The number of amides is 1. The molecule has 5 heteroatoms. The summed E-state index contributed by atoms with van der Waals surface area (Å²) in [6.45, 7) is 4.65. The van der Waals surface area contributed by atoms with Crippen LogP contribution < -0.4 is 10.1 Å². The second kappa shape index (κ2) is 7.24. The summed E-state index contributed by atoms with van der Waals surface area (Å²) in [5.74, 6) is 0.798. The van der Waals surface area contributed by atoms with Crippen LogP contribution in [0, 0.1) is 0 Å². The van der Waals surface area contributed by atoms with Crippen LogP contribution in [0.15, 0.2) is 30.3 Å². The van der Waals surface area contributed by atoms with E-state index in [4.69, 9.17) is 4.74 Å². The third-order valence-electron chi connectivity index (χ3n) is 2.93. The summed E-state index contributed by atoms with van der Waals surface area (Å²) in [4.78, 5) is 13.8. The van der Waals surface area contributed by atoms with E-state index in [0.29, 0.717) is 0 Å². The molecule has 0 bridgehead atoms. The Bertz CT molecular complexity index is 373. The van der Waals surface area contributed by atoms with Gasteiger partial charge in [-0.3, -0.25) is 4.79 Å². The number of ether oxygens (including phenoxy) is 1. The first kappa shape index (κ1) is 14.8. The molecule has 100 valence electrons. The van der Waals surface area contributed by atoms with Gasteiger partial charge in [0.15, 0.2) is 6.61 Å². The minimum absolute atomic E-state index is 0. The van der Waals surface area contributed by atoms with E-state index in [1.54, 1.807) is 0 Å². The fourth-order valence-electron chi connectivity index (χ4n) is 1.96.